The van der Waals surface area contributed by atoms with Gasteiger partial charge in [-0.15, -0.1) is 0 Å². The quantitative estimate of drug-likeness (QED) is 0.569. The van der Waals surface area contributed by atoms with Crippen LogP contribution in [-0.4, -0.2) is 79.2 Å². The minimum absolute atomic E-state index is 0.270. The van der Waals surface area contributed by atoms with Crippen LogP contribution in [0.1, 0.15) is 53.6 Å². The van der Waals surface area contributed by atoms with E-state index in [4.69, 9.17) is 34.6 Å². The maximum atomic E-state index is 14.4. The lowest BCUT2D eigenvalue weighted by Gasteiger charge is -2.43. The first-order chi connectivity index (χ1) is 19.5. The summed E-state index contributed by atoms with van der Waals surface area (Å²) in [5.74, 6) is 0.793. The van der Waals surface area contributed by atoms with E-state index in [2.05, 4.69) is 15.9 Å². The molecule has 2 aromatic rings. The van der Waals surface area contributed by atoms with Crippen molar-refractivity contribution in [3.8, 4) is 12.1 Å². The van der Waals surface area contributed by atoms with E-state index in [1.165, 1.54) is 0 Å². The molecule has 3 atom stereocenters. The van der Waals surface area contributed by atoms with E-state index in [1.54, 1.807) is 6.07 Å². The van der Waals surface area contributed by atoms with Gasteiger partial charge < -0.3 is 29.6 Å². The molecule has 0 aliphatic carbocycles. The van der Waals surface area contributed by atoms with Crippen LogP contribution >= 0.6 is 0 Å². The topological polar surface area (TPSA) is 119 Å². The van der Waals surface area contributed by atoms with Crippen molar-refractivity contribution in [3.05, 3.63) is 40.1 Å². The molecule has 0 saturated carbocycles. The van der Waals surface area contributed by atoms with E-state index in [1.807, 2.05) is 6.07 Å². The van der Waals surface area contributed by atoms with E-state index in [-0.39, 0.29) is 12.1 Å². The van der Waals surface area contributed by atoms with E-state index >= 15 is 0 Å². The van der Waals surface area contributed by atoms with Gasteiger partial charge in [0.15, 0.2) is 0 Å². The minimum atomic E-state index is -0.889. The van der Waals surface area contributed by atoms with Gasteiger partial charge in [0.2, 0.25) is 0 Å². The van der Waals surface area contributed by atoms with Crippen LogP contribution in [0.2, 0.25) is 0 Å². The Bertz CT molecular complexity index is 1340. The lowest BCUT2D eigenvalue weighted by molar-refractivity contribution is -0.136. The van der Waals surface area contributed by atoms with Gasteiger partial charge in [-0.2, -0.15) is 15.2 Å². The third kappa shape index (κ3) is 4.29. The Labute approximate surface area is 233 Å². The molecular weight excluding hydrogens is 515 g/mol. The van der Waals surface area contributed by atoms with Gasteiger partial charge in [-0.1, -0.05) is 6.07 Å². The maximum absolute atomic E-state index is 14.4. The number of rotatable bonds is 4. The number of anilines is 2. The van der Waals surface area contributed by atoms with Gasteiger partial charge in [0.1, 0.15) is 30.3 Å². The van der Waals surface area contributed by atoms with Gasteiger partial charge in [0.05, 0.1) is 43.2 Å². The molecule has 11 heteroatoms. The van der Waals surface area contributed by atoms with Crippen LogP contribution in [-0.2, 0) is 39.4 Å². The highest BCUT2D eigenvalue weighted by atomic mass is 19.1. The average Bonchev–Trinajstić information content (AvgIpc) is 3.33. The highest BCUT2D eigenvalue weighted by Crippen LogP contribution is 2.46. The summed E-state index contributed by atoms with van der Waals surface area (Å²) in [6.07, 6.45) is 2.90. The second kappa shape index (κ2) is 10.1. The predicted molar refractivity (Wildman–Crippen MR) is 144 cm³/mol. The number of aromatic nitrogens is 2. The Hall–Kier alpha value is -3.04. The van der Waals surface area contributed by atoms with Crippen molar-refractivity contribution >= 4 is 11.5 Å². The van der Waals surface area contributed by atoms with Gasteiger partial charge in [0.25, 0.3) is 0 Å². The molecule has 0 bridgehead atoms. The average molecular weight is 551 g/mol. The summed E-state index contributed by atoms with van der Waals surface area (Å²) in [5, 5.41) is 10.0. The Morgan fingerprint density at radius 3 is 2.98 bits per heavy atom. The highest BCUT2D eigenvalue weighted by molar-refractivity contribution is 5.63. The number of benzene rings is 1. The molecule has 1 spiro atoms. The largest absolute Gasteiger partial charge is 0.461 e. The Balaban J connectivity index is 1.27. The first kappa shape index (κ1) is 25.9. The lowest BCUT2D eigenvalue weighted by Crippen LogP contribution is -2.45. The number of halogens is 1. The second-order valence-electron chi connectivity index (χ2n) is 11.7. The zero-order valence-electron chi connectivity index (χ0n) is 22.7. The molecule has 1 aromatic heterocycles. The number of hydrogen-bond acceptors (Lipinski definition) is 10. The zero-order valence-corrected chi connectivity index (χ0v) is 22.7. The van der Waals surface area contributed by atoms with Gasteiger partial charge in [-0.25, -0.2) is 4.39 Å². The third-order valence-corrected chi connectivity index (χ3v) is 9.23. The smallest absolute Gasteiger partial charge is 0.318 e. The van der Waals surface area contributed by atoms with Gasteiger partial charge in [0, 0.05) is 55.9 Å². The molecule has 2 N–H and O–H groups in total. The fourth-order valence-electron chi connectivity index (χ4n) is 7.33. The number of nitrogens with two attached hydrogens (primary N) is 1. The predicted octanol–water partition coefficient (Wildman–Crippen LogP) is 2.61. The highest BCUT2D eigenvalue weighted by Gasteiger charge is 2.50. The number of fused-ring (bicyclic) bond motifs is 4. The number of nitriles is 1. The third-order valence-electron chi connectivity index (χ3n) is 9.23. The fourth-order valence-corrected chi connectivity index (χ4v) is 7.33. The van der Waals surface area contributed by atoms with Crippen LogP contribution in [0.3, 0.4) is 0 Å². The van der Waals surface area contributed by atoms with Crippen LogP contribution in [0.25, 0.3) is 0 Å². The van der Waals surface area contributed by atoms with Gasteiger partial charge >= 0.3 is 6.01 Å². The van der Waals surface area contributed by atoms with Crippen molar-refractivity contribution in [3.63, 3.8) is 0 Å². The monoisotopic (exact) mass is 550 g/mol. The van der Waals surface area contributed by atoms with Gasteiger partial charge in [-0.3, -0.25) is 4.90 Å². The van der Waals surface area contributed by atoms with Crippen LogP contribution in [0.4, 0.5) is 15.9 Å². The van der Waals surface area contributed by atoms with E-state index in [0.717, 1.165) is 60.6 Å². The molecule has 1 aromatic carbocycles. The van der Waals surface area contributed by atoms with E-state index in [0.29, 0.717) is 76.2 Å². The van der Waals surface area contributed by atoms with Crippen LogP contribution in [0, 0.1) is 11.3 Å². The number of alkyl halides is 1. The van der Waals surface area contributed by atoms with Crippen molar-refractivity contribution in [2.24, 2.45) is 0 Å². The normalized spacial score (nSPS) is 29.9. The Morgan fingerprint density at radius 2 is 2.08 bits per heavy atom. The van der Waals surface area contributed by atoms with Crippen LogP contribution in [0.15, 0.2) is 12.1 Å². The van der Waals surface area contributed by atoms with E-state index in [9.17, 15) is 9.65 Å². The summed E-state index contributed by atoms with van der Waals surface area (Å²) >= 11 is 0. The number of nitrogen functional groups attached to an aromatic ring is 1. The van der Waals surface area contributed by atoms with Crippen molar-refractivity contribution in [1.82, 2.24) is 14.9 Å². The molecule has 1 unspecified atom stereocenters. The van der Waals surface area contributed by atoms with E-state index < -0.39 is 11.8 Å². The van der Waals surface area contributed by atoms with Crippen molar-refractivity contribution < 1.29 is 23.3 Å². The number of ether oxygens (including phenoxy) is 4. The van der Waals surface area contributed by atoms with Crippen molar-refractivity contribution in [2.75, 3.05) is 63.2 Å². The molecule has 7 rings (SSSR count). The molecule has 212 valence electrons. The lowest BCUT2D eigenvalue weighted by atomic mass is 9.79. The van der Waals surface area contributed by atoms with Crippen molar-refractivity contribution in [1.29, 1.82) is 5.26 Å². The van der Waals surface area contributed by atoms with Gasteiger partial charge in [-0.05, 0) is 37.4 Å². The molecule has 6 heterocycles. The first-order valence-electron chi connectivity index (χ1n) is 14.3. The molecule has 40 heavy (non-hydrogen) atoms. The maximum Gasteiger partial charge on any atom is 0.318 e. The molecule has 5 aliphatic rings. The SMILES string of the molecule is N#Cc1c(N)ccc2c1[C@@]1(COC2)Cc2nc(OCC34CCCN3C[C@H](F)C4)nc(N3CCCOCC3)c2CO1. The van der Waals surface area contributed by atoms with Crippen molar-refractivity contribution in [2.45, 2.75) is 62.6 Å². The zero-order chi connectivity index (χ0) is 27.3. The Morgan fingerprint density at radius 1 is 1.15 bits per heavy atom. The Kier molecular flexibility index (Phi) is 6.54. The molecule has 0 amide bonds. The molecule has 0 radical (unpaired) electrons. The molecular formula is C29H35FN6O4. The van der Waals surface area contributed by atoms with Crippen LogP contribution in [0.5, 0.6) is 6.01 Å². The van der Waals surface area contributed by atoms with Crippen LogP contribution < -0.4 is 15.4 Å². The summed E-state index contributed by atoms with van der Waals surface area (Å²) in [6, 6.07) is 6.26. The summed E-state index contributed by atoms with van der Waals surface area (Å²) < 4.78 is 39.1. The standard InChI is InChI=1S/C29H35FN6O4/c30-20-11-28(5-1-7-36(28)14-20)17-39-27-33-24-12-29(18-38-15-19-3-4-23(32)21(13-31)25(19)29)40-16-22(24)26(34-27)35-6-2-9-37-10-8-35/h3-4,20H,1-2,5-12,14-18,32H2/t20-,28?,29+/m1/s1. The fraction of sp³-hybridized carbons (Fsp3) is 0.621. The molecule has 3 fully saturated rings. The summed E-state index contributed by atoms with van der Waals surface area (Å²) in [4.78, 5) is 14.3. The summed E-state index contributed by atoms with van der Waals surface area (Å²) in [6.45, 7) is 5.52. The first-order valence-corrected chi connectivity index (χ1v) is 14.3. The number of hydrogen-bond donors (Lipinski definition) is 1. The minimum Gasteiger partial charge on any atom is -0.461 e. The molecule has 10 nitrogen and oxygen atoms in total. The number of nitrogens with zero attached hydrogens (tertiary/aromatic N) is 5. The molecule has 5 aliphatic heterocycles. The summed E-state index contributed by atoms with van der Waals surface area (Å²) in [7, 11) is 0. The molecule has 3 saturated heterocycles. The summed E-state index contributed by atoms with van der Waals surface area (Å²) in [5.41, 5.74) is 9.33. The second-order valence-corrected chi connectivity index (χ2v) is 11.7.